The van der Waals surface area contributed by atoms with Crippen LogP contribution in [0.5, 0.6) is 5.75 Å². The number of halogens is 2. The van der Waals surface area contributed by atoms with E-state index in [1.807, 2.05) is 31.2 Å². The van der Waals surface area contributed by atoms with Crippen molar-refractivity contribution in [2.75, 3.05) is 11.1 Å². The lowest BCUT2D eigenvalue weighted by molar-refractivity contribution is -0.113. The fourth-order valence-electron chi connectivity index (χ4n) is 2.28. The van der Waals surface area contributed by atoms with E-state index < -0.39 is 12.5 Å². The van der Waals surface area contributed by atoms with E-state index in [0.717, 1.165) is 23.0 Å². The number of hydrogen-bond donors (Lipinski definition) is 1. The van der Waals surface area contributed by atoms with Gasteiger partial charge in [0.15, 0.2) is 0 Å². The lowest BCUT2D eigenvalue weighted by atomic mass is 10.2. The van der Waals surface area contributed by atoms with Crippen molar-refractivity contribution < 1.29 is 18.3 Å². The first-order valence-electron chi connectivity index (χ1n) is 7.85. The minimum Gasteiger partial charge on any atom is -0.433 e. The molecule has 0 fully saturated rings. The molecule has 0 bridgehead atoms. The van der Waals surface area contributed by atoms with Crippen molar-refractivity contribution in [1.82, 2.24) is 20.2 Å². The lowest BCUT2D eigenvalue weighted by Gasteiger charge is -2.11. The average Bonchev–Trinajstić information content (AvgIpc) is 3.10. The molecule has 0 aliphatic heterocycles. The van der Waals surface area contributed by atoms with Crippen LogP contribution in [0.25, 0.3) is 5.69 Å². The molecule has 1 aromatic heterocycles. The number of tetrazole rings is 1. The van der Waals surface area contributed by atoms with Crippen LogP contribution in [-0.2, 0) is 4.79 Å². The molecule has 140 valence electrons. The van der Waals surface area contributed by atoms with E-state index in [4.69, 9.17) is 0 Å². The lowest BCUT2D eigenvalue weighted by Crippen LogP contribution is -2.16. The molecule has 1 amide bonds. The largest absolute Gasteiger partial charge is 0.433 e. The van der Waals surface area contributed by atoms with Crippen LogP contribution in [0, 0.1) is 6.92 Å². The first-order chi connectivity index (χ1) is 13.0. The number of para-hydroxylation sites is 2. The van der Waals surface area contributed by atoms with Gasteiger partial charge < -0.3 is 10.1 Å². The van der Waals surface area contributed by atoms with Gasteiger partial charge in [-0.05, 0) is 47.2 Å². The summed E-state index contributed by atoms with van der Waals surface area (Å²) >= 11 is 1.13. The third-order valence-electron chi connectivity index (χ3n) is 3.40. The summed E-state index contributed by atoms with van der Waals surface area (Å²) in [5.41, 5.74) is 1.99. The normalized spacial score (nSPS) is 10.8. The van der Waals surface area contributed by atoms with Crippen LogP contribution in [0.1, 0.15) is 5.56 Å². The van der Waals surface area contributed by atoms with E-state index in [1.165, 1.54) is 22.9 Å². The predicted molar refractivity (Wildman–Crippen MR) is 96.3 cm³/mol. The van der Waals surface area contributed by atoms with Crippen molar-refractivity contribution in [1.29, 1.82) is 0 Å². The number of hydrogen-bond acceptors (Lipinski definition) is 6. The summed E-state index contributed by atoms with van der Waals surface area (Å²) in [6.45, 7) is -1.02. The van der Waals surface area contributed by atoms with Crippen LogP contribution in [0.2, 0.25) is 0 Å². The number of rotatable bonds is 7. The Morgan fingerprint density at radius 2 is 2.07 bits per heavy atom. The molecule has 0 aliphatic carbocycles. The van der Waals surface area contributed by atoms with Gasteiger partial charge >= 0.3 is 6.61 Å². The molecule has 7 nitrogen and oxygen atoms in total. The molecule has 3 rings (SSSR count). The predicted octanol–water partition coefficient (Wildman–Crippen LogP) is 3.30. The van der Waals surface area contributed by atoms with E-state index in [9.17, 15) is 13.6 Å². The monoisotopic (exact) mass is 391 g/mol. The summed E-state index contributed by atoms with van der Waals surface area (Å²) in [7, 11) is 0. The Morgan fingerprint density at radius 3 is 2.85 bits per heavy atom. The van der Waals surface area contributed by atoms with Crippen LogP contribution < -0.4 is 10.1 Å². The Hall–Kier alpha value is -3.01. The molecular formula is C17H15F2N5O2S. The third kappa shape index (κ3) is 5.00. The molecule has 2 aromatic carbocycles. The van der Waals surface area contributed by atoms with Crippen LogP contribution in [0.4, 0.5) is 14.5 Å². The number of carbonyl (C=O) groups excluding carboxylic acids is 1. The van der Waals surface area contributed by atoms with Gasteiger partial charge in [-0.2, -0.15) is 13.5 Å². The molecule has 0 spiro atoms. The number of nitrogens with one attached hydrogen (secondary N) is 1. The fraction of sp³-hybridized carbons (Fsp3) is 0.176. The highest BCUT2D eigenvalue weighted by Gasteiger charge is 2.14. The van der Waals surface area contributed by atoms with Gasteiger partial charge in [0, 0.05) is 0 Å². The minimum atomic E-state index is -2.98. The van der Waals surface area contributed by atoms with E-state index in [1.54, 1.807) is 6.07 Å². The Morgan fingerprint density at radius 1 is 1.26 bits per heavy atom. The molecule has 0 radical (unpaired) electrons. The fourth-order valence-corrected chi connectivity index (χ4v) is 2.97. The minimum absolute atomic E-state index is 0.00476. The first kappa shape index (κ1) is 18.8. The second kappa shape index (κ2) is 8.58. The molecule has 10 heteroatoms. The van der Waals surface area contributed by atoms with Gasteiger partial charge in [-0.25, -0.2) is 0 Å². The van der Waals surface area contributed by atoms with Crippen molar-refractivity contribution >= 4 is 23.4 Å². The Bertz CT molecular complexity index is 935. The summed E-state index contributed by atoms with van der Waals surface area (Å²) < 4.78 is 30.8. The summed E-state index contributed by atoms with van der Waals surface area (Å²) in [4.78, 5) is 12.2. The van der Waals surface area contributed by atoms with Gasteiger partial charge in [-0.3, -0.25) is 4.79 Å². The molecule has 0 atom stereocenters. The number of nitrogens with zero attached hydrogens (tertiary/aromatic N) is 4. The molecule has 0 unspecified atom stereocenters. The SMILES string of the molecule is Cc1cccc(-n2nnnc2SCC(=O)Nc2ccccc2OC(F)F)c1. The summed E-state index contributed by atoms with van der Waals surface area (Å²) in [6, 6.07) is 13.6. The van der Waals surface area contributed by atoms with Crippen LogP contribution in [0.3, 0.4) is 0 Å². The van der Waals surface area contributed by atoms with Gasteiger partial charge in [0.25, 0.3) is 0 Å². The van der Waals surface area contributed by atoms with Crippen LogP contribution in [0.15, 0.2) is 53.7 Å². The maximum absolute atomic E-state index is 12.4. The number of thioether (sulfide) groups is 1. The first-order valence-corrected chi connectivity index (χ1v) is 8.83. The smallest absolute Gasteiger partial charge is 0.387 e. The molecular weight excluding hydrogens is 376 g/mol. The molecule has 0 saturated heterocycles. The number of ether oxygens (including phenoxy) is 1. The number of alkyl halides is 2. The molecule has 3 aromatic rings. The van der Waals surface area contributed by atoms with Crippen molar-refractivity contribution in [2.45, 2.75) is 18.7 Å². The standard InChI is InChI=1S/C17H15F2N5O2S/c1-11-5-4-6-12(9-11)24-17(21-22-23-24)27-10-15(25)20-13-7-2-3-8-14(13)26-16(18)19/h2-9,16H,10H2,1H3,(H,20,25). The van der Waals surface area contributed by atoms with E-state index in [0.29, 0.717) is 5.16 Å². The Kier molecular flexibility index (Phi) is 5.97. The molecule has 27 heavy (non-hydrogen) atoms. The van der Waals surface area contributed by atoms with Gasteiger partial charge in [-0.15, -0.1) is 5.10 Å². The quantitative estimate of drug-likeness (QED) is 0.623. The maximum atomic E-state index is 12.4. The maximum Gasteiger partial charge on any atom is 0.387 e. The van der Waals surface area contributed by atoms with Gasteiger partial charge in [0.1, 0.15) is 5.75 Å². The zero-order valence-corrected chi connectivity index (χ0v) is 15.0. The van der Waals surface area contributed by atoms with E-state index >= 15 is 0 Å². The molecule has 0 aliphatic rings. The number of amides is 1. The second-order valence-corrected chi connectivity index (χ2v) is 6.37. The number of carbonyl (C=O) groups is 1. The summed E-state index contributed by atoms with van der Waals surface area (Å²) in [6.07, 6.45) is 0. The number of aryl methyl sites for hydroxylation is 1. The van der Waals surface area contributed by atoms with Gasteiger partial charge in [0.05, 0.1) is 17.1 Å². The van der Waals surface area contributed by atoms with Crippen molar-refractivity contribution in [3.05, 3.63) is 54.1 Å². The Labute approximate surface area is 157 Å². The van der Waals surface area contributed by atoms with Crippen LogP contribution >= 0.6 is 11.8 Å². The number of aromatic nitrogens is 4. The topological polar surface area (TPSA) is 81.9 Å². The second-order valence-electron chi connectivity index (χ2n) is 5.42. The van der Waals surface area contributed by atoms with E-state index in [-0.39, 0.29) is 17.2 Å². The number of anilines is 1. The molecule has 1 heterocycles. The highest BCUT2D eigenvalue weighted by atomic mass is 32.2. The van der Waals surface area contributed by atoms with Crippen molar-refractivity contribution in [2.24, 2.45) is 0 Å². The van der Waals surface area contributed by atoms with Crippen molar-refractivity contribution in [3.8, 4) is 11.4 Å². The van der Waals surface area contributed by atoms with Crippen LogP contribution in [-0.4, -0.2) is 38.5 Å². The van der Waals surface area contributed by atoms with Gasteiger partial charge in [0.2, 0.25) is 11.1 Å². The highest BCUT2D eigenvalue weighted by Crippen LogP contribution is 2.26. The molecule has 0 saturated carbocycles. The zero-order valence-electron chi connectivity index (χ0n) is 14.2. The molecule has 1 N–H and O–H groups in total. The Balaban J connectivity index is 1.65. The average molecular weight is 391 g/mol. The van der Waals surface area contributed by atoms with Crippen molar-refractivity contribution in [3.63, 3.8) is 0 Å². The summed E-state index contributed by atoms with van der Waals surface area (Å²) in [5.74, 6) is -0.505. The number of benzene rings is 2. The van der Waals surface area contributed by atoms with Gasteiger partial charge in [-0.1, -0.05) is 36.0 Å². The third-order valence-corrected chi connectivity index (χ3v) is 4.32. The highest BCUT2D eigenvalue weighted by molar-refractivity contribution is 7.99. The summed E-state index contributed by atoms with van der Waals surface area (Å²) in [5, 5.41) is 14.5. The van der Waals surface area contributed by atoms with E-state index in [2.05, 4.69) is 25.6 Å². The zero-order chi connectivity index (χ0) is 19.2.